The molecule has 0 unspecified atom stereocenters. The highest BCUT2D eigenvalue weighted by Gasteiger charge is 1.95. The summed E-state index contributed by atoms with van der Waals surface area (Å²) in [6, 6.07) is 0. The second-order valence-corrected chi connectivity index (χ2v) is 6.05. The molecule has 0 radical (unpaired) electrons. The van der Waals surface area contributed by atoms with E-state index in [0.717, 1.165) is 6.29 Å². The van der Waals surface area contributed by atoms with E-state index < -0.39 is 0 Å². The fourth-order valence-corrected chi connectivity index (χ4v) is 2.04. The van der Waals surface area contributed by atoms with Gasteiger partial charge in [-0.3, -0.25) is 0 Å². The van der Waals surface area contributed by atoms with Crippen LogP contribution < -0.4 is 0 Å². The Morgan fingerprint density at radius 2 is 0.613 bits per heavy atom. The molecule has 0 spiro atoms. The van der Waals surface area contributed by atoms with Crippen molar-refractivity contribution in [3.8, 4) is 0 Å². The van der Waals surface area contributed by atoms with Crippen molar-refractivity contribution in [3.05, 3.63) is 0 Å². The second-order valence-electron chi connectivity index (χ2n) is 6.05. The van der Waals surface area contributed by atoms with Gasteiger partial charge < -0.3 is 47.4 Å². The van der Waals surface area contributed by atoms with Crippen LogP contribution in [0.15, 0.2) is 0 Å². The number of aldehydes is 1. The molecule has 0 aromatic heterocycles. The molecule has 31 heavy (non-hydrogen) atoms. The standard InChI is InChI=1S/C21H42O10/c1-2-23-6-7-25-10-11-27-14-15-29-18-19-31-21-20-30-17-16-28-13-12-26-9-8-24-5-3-4-22/h4H,2-3,5-21H2,1H3. The number of hydrogen-bond donors (Lipinski definition) is 0. The van der Waals surface area contributed by atoms with Crippen LogP contribution in [-0.4, -0.2) is 125 Å². The number of carbonyl (C=O) groups excluding carboxylic acids is 1. The zero-order valence-corrected chi connectivity index (χ0v) is 19.1. The zero-order valence-electron chi connectivity index (χ0n) is 19.1. The summed E-state index contributed by atoms with van der Waals surface area (Å²) in [5, 5.41) is 0. The quantitative estimate of drug-likeness (QED) is 0.124. The Morgan fingerprint density at radius 1 is 0.387 bits per heavy atom. The summed E-state index contributed by atoms with van der Waals surface area (Å²) in [5.74, 6) is 0. The minimum atomic E-state index is 0.421. The van der Waals surface area contributed by atoms with E-state index in [1.165, 1.54) is 0 Å². The van der Waals surface area contributed by atoms with Gasteiger partial charge in [-0.05, 0) is 6.92 Å². The first-order chi connectivity index (χ1) is 15.4. The number of hydrogen-bond acceptors (Lipinski definition) is 10. The summed E-state index contributed by atoms with van der Waals surface area (Å²) >= 11 is 0. The Balaban J connectivity index is 2.98. The third kappa shape index (κ3) is 29.3. The minimum absolute atomic E-state index is 0.421. The lowest BCUT2D eigenvalue weighted by Gasteiger charge is -2.08. The smallest absolute Gasteiger partial charge is 0.122 e. The van der Waals surface area contributed by atoms with Gasteiger partial charge in [-0.25, -0.2) is 0 Å². The lowest BCUT2D eigenvalue weighted by molar-refractivity contribution is -0.108. The highest BCUT2D eigenvalue weighted by molar-refractivity contribution is 5.49. The van der Waals surface area contributed by atoms with Gasteiger partial charge in [-0.2, -0.15) is 0 Å². The summed E-state index contributed by atoms with van der Waals surface area (Å²) < 4.78 is 48.0. The van der Waals surface area contributed by atoms with E-state index in [2.05, 4.69) is 0 Å². The molecule has 0 bridgehead atoms. The molecule has 0 aromatic carbocycles. The summed E-state index contributed by atoms with van der Waals surface area (Å²) in [6.45, 7) is 11.6. The molecule has 0 aliphatic rings. The van der Waals surface area contributed by atoms with Crippen molar-refractivity contribution in [1.29, 1.82) is 0 Å². The molecule has 0 atom stereocenters. The van der Waals surface area contributed by atoms with E-state index >= 15 is 0 Å². The van der Waals surface area contributed by atoms with E-state index in [-0.39, 0.29) is 0 Å². The molecule has 0 saturated heterocycles. The van der Waals surface area contributed by atoms with Gasteiger partial charge in [0.25, 0.3) is 0 Å². The zero-order chi connectivity index (χ0) is 22.5. The Hall–Kier alpha value is -0.690. The van der Waals surface area contributed by atoms with Crippen molar-refractivity contribution in [3.63, 3.8) is 0 Å². The number of carbonyl (C=O) groups is 1. The van der Waals surface area contributed by atoms with Gasteiger partial charge in [-0.15, -0.1) is 0 Å². The van der Waals surface area contributed by atoms with Crippen LogP contribution in [-0.2, 0) is 47.4 Å². The van der Waals surface area contributed by atoms with Gasteiger partial charge in [0.1, 0.15) is 6.29 Å². The Kier molecular flexibility index (Phi) is 28.7. The first-order valence-electron chi connectivity index (χ1n) is 11.0. The van der Waals surface area contributed by atoms with Crippen molar-refractivity contribution in [2.45, 2.75) is 13.3 Å². The molecule has 0 aliphatic carbocycles. The SMILES string of the molecule is CCOCCOCCOCCOCCOCCOCCOCCOCCOCCC=O. The van der Waals surface area contributed by atoms with Gasteiger partial charge in [0, 0.05) is 13.0 Å². The monoisotopic (exact) mass is 454 g/mol. The topological polar surface area (TPSA) is 100 Å². The third-order valence-electron chi connectivity index (χ3n) is 3.56. The van der Waals surface area contributed by atoms with Crippen molar-refractivity contribution in [2.24, 2.45) is 0 Å². The van der Waals surface area contributed by atoms with Crippen molar-refractivity contribution in [1.82, 2.24) is 0 Å². The average Bonchev–Trinajstić information content (AvgIpc) is 2.78. The van der Waals surface area contributed by atoms with E-state index in [9.17, 15) is 4.79 Å². The molecule has 0 amide bonds. The molecule has 0 aromatic rings. The minimum Gasteiger partial charge on any atom is -0.379 e. The second kappa shape index (κ2) is 29.3. The fraction of sp³-hybridized carbons (Fsp3) is 0.952. The van der Waals surface area contributed by atoms with E-state index in [0.29, 0.717) is 125 Å². The first-order valence-corrected chi connectivity index (χ1v) is 11.0. The number of rotatable bonds is 28. The van der Waals surface area contributed by atoms with Gasteiger partial charge in [-0.1, -0.05) is 0 Å². The van der Waals surface area contributed by atoms with E-state index in [1.54, 1.807) is 0 Å². The maximum Gasteiger partial charge on any atom is 0.122 e. The Labute approximate surface area is 186 Å². The molecule has 186 valence electrons. The normalized spacial score (nSPS) is 11.3. The highest BCUT2D eigenvalue weighted by atomic mass is 16.6. The molecular weight excluding hydrogens is 412 g/mol. The Morgan fingerprint density at radius 3 is 0.839 bits per heavy atom. The Bertz CT molecular complexity index is 333. The van der Waals surface area contributed by atoms with Crippen LogP contribution in [0.2, 0.25) is 0 Å². The van der Waals surface area contributed by atoms with Gasteiger partial charge in [0.15, 0.2) is 0 Å². The third-order valence-corrected chi connectivity index (χ3v) is 3.56. The van der Waals surface area contributed by atoms with Crippen molar-refractivity contribution in [2.75, 3.05) is 119 Å². The van der Waals surface area contributed by atoms with Gasteiger partial charge >= 0.3 is 0 Å². The van der Waals surface area contributed by atoms with Crippen molar-refractivity contribution >= 4 is 6.29 Å². The van der Waals surface area contributed by atoms with Crippen LogP contribution in [0.5, 0.6) is 0 Å². The summed E-state index contributed by atoms with van der Waals surface area (Å²) in [5.41, 5.74) is 0. The predicted molar refractivity (Wildman–Crippen MR) is 114 cm³/mol. The molecule has 10 nitrogen and oxygen atoms in total. The molecule has 0 rings (SSSR count). The van der Waals surface area contributed by atoms with Crippen LogP contribution in [0.25, 0.3) is 0 Å². The molecule has 0 aliphatic heterocycles. The molecule has 0 saturated carbocycles. The summed E-state index contributed by atoms with van der Waals surface area (Å²) in [7, 11) is 0. The molecule has 0 fully saturated rings. The maximum atomic E-state index is 10.1. The largest absolute Gasteiger partial charge is 0.379 e. The molecule has 0 N–H and O–H groups in total. The number of ether oxygens (including phenoxy) is 9. The molecular formula is C21H42O10. The van der Waals surface area contributed by atoms with E-state index in [4.69, 9.17) is 42.6 Å². The van der Waals surface area contributed by atoms with Crippen LogP contribution >= 0.6 is 0 Å². The maximum absolute atomic E-state index is 10.1. The average molecular weight is 455 g/mol. The molecule has 0 heterocycles. The lowest BCUT2D eigenvalue weighted by atomic mass is 10.5. The summed E-state index contributed by atoms with van der Waals surface area (Å²) in [4.78, 5) is 10.1. The van der Waals surface area contributed by atoms with Gasteiger partial charge in [0.2, 0.25) is 0 Å². The van der Waals surface area contributed by atoms with Gasteiger partial charge in [0.05, 0.1) is 112 Å². The van der Waals surface area contributed by atoms with E-state index in [1.807, 2.05) is 6.92 Å². The fourth-order valence-electron chi connectivity index (χ4n) is 2.04. The van der Waals surface area contributed by atoms with Crippen LogP contribution in [0, 0.1) is 0 Å². The van der Waals surface area contributed by atoms with Crippen LogP contribution in [0.1, 0.15) is 13.3 Å². The van der Waals surface area contributed by atoms with Crippen LogP contribution in [0.3, 0.4) is 0 Å². The lowest BCUT2D eigenvalue weighted by Crippen LogP contribution is -2.15. The predicted octanol–water partition coefficient (Wildman–Crippen LogP) is 0.745. The van der Waals surface area contributed by atoms with Crippen LogP contribution in [0.4, 0.5) is 0 Å². The summed E-state index contributed by atoms with van der Waals surface area (Å²) in [6.07, 6.45) is 1.26. The highest BCUT2D eigenvalue weighted by Crippen LogP contribution is 1.86. The van der Waals surface area contributed by atoms with Crippen molar-refractivity contribution < 1.29 is 47.4 Å². The molecule has 10 heteroatoms. The first kappa shape index (κ1) is 30.3.